The van der Waals surface area contributed by atoms with Crippen molar-refractivity contribution in [1.82, 2.24) is 0 Å². The molecule has 0 saturated carbocycles. The Balaban J connectivity index is 2.44. The predicted octanol–water partition coefficient (Wildman–Crippen LogP) is 3.95. The highest BCUT2D eigenvalue weighted by Gasteiger charge is 2.16. The van der Waals surface area contributed by atoms with Gasteiger partial charge in [-0.2, -0.15) is 0 Å². The number of fused-ring (bicyclic) bond motifs is 1. The average Bonchev–Trinajstić information content (AvgIpc) is 2.29. The number of hydrogen-bond donors (Lipinski definition) is 0. The van der Waals surface area contributed by atoms with E-state index in [1.807, 2.05) is 34.9 Å². The number of hydrogen-bond acceptors (Lipinski definition) is 3. The third kappa shape index (κ3) is 1.54. The van der Waals surface area contributed by atoms with Crippen LogP contribution in [0.15, 0.2) is 9.79 Å². The van der Waals surface area contributed by atoms with E-state index in [9.17, 15) is 0 Å². The minimum atomic E-state index is 1.30. The third-order valence-corrected chi connectivity index (χ3v) is 5.93. The van der Waals surface area contributed by atoms with Gasteiger partial charge in [0.1, 0.15) is 0 Å². The fourth-order valence-electron chi connectivity index (χ4n) is 1.38. The second kappa shape index (κ2) is 3.64. The average molecular weight is 216 g/mol. The molecule has 66 valence electrons. The van der Waals surface area contributed by atoms with Crippen molar-refractivity contribution in [2.75, 3.05) is 11.5 Å². The molecule has 0 saturated heterocycles. The van der Waals surface area contributed by atoms with Crippen LogP contribution in [0.5, 0.6) is 0 Å². The maximum absolute atomic E-state index is 2.25. The van der Waals surface area contributed by atoms with E-state index in [-0.39, 0.29) is 0 Å². The molecule has 3 heteroatoms. The Kier molecular flexibility index (Phi) is 2.72. The smallest absolute Gasteiger partial charge is 0.0347 e. The summed E-state index contributed by atoms with van der Waals surface area (Å²) in [5.74, 6) is 2.61. The van der Waals surface area contributed by atoms with Gasteiger partial charge in [-0.25, -0.2) is 0 Å². The third-order valence-electron chi connectivity index (χ3n) is 1.93. The lowest BCUT2D eigenvalue weighted by Crippen LogP contribution is -1.77. The van der Waals surface area contributed by atoms with E-state index in [0.717, 1.165) is 0 Å². The summed E-state index contributed by atoms with van der Waals surface area (Å²) in [6, 6.07) is 0. The summed E-state index contributed by atoms with van der Waals surface area (Å²) in [5.41, 5.74) is 0. The zero-order chi connectivity index (χ0) is 8.55. The molecule has 0 aliphatic carbocycles. The summed E-state index contributed by atoms with van der Waals surface area (Å²) < 4.78 is 0. The van der Waals surface area contributed by atoms with Gasteiger partial charge in [0.25, 0.3) is 0 Å². The van der Waals surface area contributed by atoms with Crippen molar-refractivity contribution in [2.45, 2.75) is 30.1 Å². The van der Waals surface area contributed by atoms with Crippen molar-refractivity contribution in [2.24, 2.45) is 0 Å². The van der Waals surface area contributed by atoms with Crippen molar-refractivity contribution < 1.29 is 0 Å². The number of rotatable bonds is 0. The monoisotopic (exact) mass is 216 g/mol. The van der Waals surface area contributed by atoms with Crippen LogP contribution in [0.3, 0.4) is 0 Å². The molecule has 1 aliphatic rings. The highest BCUT2D eigenvalue weighted by molar-refractivity contribution is 8.03. The summed E-state index contributed by atoms with van der Waals surface area (Å²) in [4.78, 5) is 6.17. The first kappa shape index (κ1) is 8.97. The zero-order valence-electron chi connectivity index (χ0n) is 7.35. The molecular formula is C9H12S3. The topological polar surface area (TPSA) is 0 Å². The molecule has 0 nitrogen and oxygen atoms in total. The SMILES string of the molecule is Cc1sc(C)c2c1SCCCS2. The van der Waals surface area contributed by atoms with Crippen LogP contribution >= 0.6 is 34.9 Å². The molecule has 0 radical (unpaired) electrons. The predicted molar refractivity (Wildman–Crippen MR) is 59.9 cm³/mol. The van der Waals surface area contributed by atoms with Gasteiger partial charge in [0, 0.05) is 19.5 Å². The Morgan fingerprint density at radius 3 is 1.92 bits per heavy atom. The van der Waals surface area contributed by atoms with Gasteiger partial charge in [0.2, 0.25) is 0 Å². The van der Waals surface area contributed by atoms with Gasteiger partial charge in [0.05, 0.1) is 0 Å². The van der Waals surface area contributed by atoms with Gasteiger partial charge in [-0.3, -0.25) is 0 Å². The second-order valence-electron chi connectivity index (χ2n) is 2.92. The van der Waals surface area contributed by atoms with Crippen LogP contribution in [0.1, 0.15) is 16.2 Å². The number of aryl methyl sites for hydroxylation is 2. The Morgan fingerprint density at radius 1 is 0.917 bits per heavy atom. The largest absolute Gasteiger partial charge is 0.144 e. The van der Waals surface area contributed by atoms with Gasteiger partial charge in [-0.15, -0.1) is 34.9 Å². The minimum Gasteiger partial charge on any atom is -0.144 e. The van der Waals surface area contributed by atoms with Crippen LogP contribution in [0, 0.1) is 13.8 Å². The summed E-state index contributed by atoms with van der Waals surface area (Å²) >= 11 is 6.05. The second-order valence-corrected chi connectivity index (χ2v) is 6.56. The molecule has 2 rings (SSSR count). The van der Waals surface area contributed by atoms with E-state index in [0.29, 0.717) is 0 Å². The van der Waals surface area contributed by atoms with E-state index in [1.165, 1.54) is 27.7 Å². The van der Waals surface area contributed by atoms with Crippen LogP contribution in [0.2, 0.25) is 0 Å². The summed E-state index contributed by atoms with van der Waals surface area (Å²) in [5, 5.41) is 0. The van der Waals surface area contributed by atoms with Gasteiger partial charge in [0.15, 0.2) is 0 Å². The van der Waals surface area contributed by atoms with Crippen molar-refractivity contribution >= 4 is 34.9 Å². The minimum absolute atomic E-state index is 1.30. The lowest BCUT2D eigenvalue weighted by atomic mass is 10.4. The van der Waals surface area contributed by atoms with Crippen molar-refractivity contribution in [3.8, 4) is 0 Å². The van der Waals surface area contributed by atoms with Gasteiger partial charge in [-0.1, -0.05) is 0 Å². The molecular weight excluding hydrogens is 204 g/mol. The first-order valence-corrected chi connectivity index (χ1v) is 6.93. The van der Waals surface area contributed by atoms with Gasteiger partial charge in [-0.05, 0) is 31.8 Å². The van der Waals surface area contributed by atoms with E-state index in [2.05, 4.69) is 13.8 Å². The molecule has 2 heterocycles. The first-order chi connectivity index (χ1) is 5.79. The van der Waals surface area contributed by atoms with Gasteiger partial charge < -0.3 is 0 Å². The molecule has 0 aromatic carbocycles. The van der Waals surface area contributed by atoms with E-state index in [4.69, 9.17) is 0 Å². The molecule has 1 aromatic heterocycles. The molecule has 0 N–H and O–H groups in total. The molecule has 1 aliphatic heterocycles. The van der Waals surface area contributed by atoms with Crippen molar-refractivity contribution in [3.05, 3.63) is 9.75 Å². The van der Waals surface area contributed by atoms with Crippen LogP contribution in [-0.4, -0.2) is 11.5 Å². The fourth-order valence-corrected chi connectivity index (χ4v) is 5.46. The Hall–Kier alpha value is 0.400. The lowest BCUT2D eigenvalue weighted by molar-refractivity contribution is 1.13. The van der Waals surface area contributed by atoms with Crippen LogP contribution in [0.4, 0.5) is 0 Å². The van der Waals surface area contributed by atoms with Crippen LogP contribution in [-0.2, 0) is 0 Å². The zero-order valence-corrected chi connectivity index (χ0v) is 9.80. The Labute approximate surface area is 86.1 Å². The normalized spacial score (nSPS) is 17.2. The highest BCUT2D eigenvalue weighted by atomic mass is 32.2. The maximum atomic E-state index is 2.25. The molecule has 0 spiro atoms. The number of thioether (sulfide) groups is 2. The molecule has 0 bridgehead atoms. The van der Waals surface area contributed by atoms with E-state index < -0.39 is 0 Å². The summed E-state index contributed by atoms with van der Waals surface area (Å²) in [6.45, 7) is 4.49. The van der Waals surface area contributed by atoms with E-state index >= 15 is 0 Å². The van der Waals surface area contributed by atoms with E-state index in [1.54, 1.807) is 9.79 Å². The molecule has 0 fully saturated rings. The van der Waals surface area contributed by atoms with Crippen molar-refractivity contribution in [1.29, 1.82) is 0 Å². The molecule has 0 atom stereocenters. The quantitative estimate of drug-likeness (QED) is 0.644. The Bertz CT molecular complexity index is 262. The summed E-state index contributed by atoms with van der Waals surface area (Å²) in [6.07, 6.45) is 1.35. The summed E-state index contributed by atoms with van der Waals surface area (Å²) in [7, 11) is 0. The Morgan fingerprint density at radius 2 is 1.42 bits per heavy atom. The molecule has 12 heavy (non-hydrogen) atoms. The maximum Gasteiger partial charge on any atom is 0.0347 e. The molecule has 1 aromatic rings. The lowest BCUT2D eigenvalue weighted by Gasteiger charge is -1.97. The fraction of sp³-hybridized carbons (Fsp3) is 0.556. The number of thiophene rings is 1. The molecule has 0 amide bonds. The first-order valence-electron chi connectivity index (χ1n) is 4.14. The standard InChI is InChI=1S/C9H12S3/c1-6-8-9(7(2)12-6)11-5-3-4-10-8/h3-5H2,1-2H3. The van der Waals surface area contributed by atoms with Crippen molar-refractivity contribution in [3.63, 3.8) is 0 Å². The van der Waals surface area contributed by atoms with Crippen LogP contribution in [0.25, 0.3) is 0 Å². The van der Waals surface area contributed by atoms with Crippen LogP contribution < -0.4 is 0 Å². The molecule has 0 unspecified atom stereocenters. The highest BCUT2D eigenvalue weighted by Crippen LogP contribution is 2.43. The van der Waals surface area contributed by atoms with Gasteiger partial charge >= 0.3 is 0 Å².